The van der Waals surface area contributed by atoms with Crippen molar-refractivity contribution >= 4 is 45.2 Å². The summed E-state index contributed by atoms with van der Waals surface area (Å²) in [6, 6.07) is 8.47. The monoisotopic (exact) mass is 367 g/mol. The maximum atomic E-state index is 12.9. The van der Waals surface area contributed by atoms with Gasteiger partial charge in [0.2, 0.25) is 5.43 Å². The molecule has 1 N–H and O–H groups in total. The number of anilines is 1. The molecule has 4 rings (SSSR count). The topological polar surface area (TPSA) is 70.8 Å². The van der Waals surface area contributed by atoms with Crippen molar-refractivity contribution < 1.29 is 14.3 Å². The Kier molecular flexibility index (Phi) is 3.86. The van der Waals surface area contributed by atoms with Gasteiger partial charge in [-0.25, -0.2) is 0 Å². The van der Waals surface area contributed by atoms with Crippen molar-refractivity contribution in [2.45, 2.75) is 6.42 Å². The van der Waals surface area contributed by atoms with Gasteiger partial charge in [0.05, 0.1) is 21.7 Å². The van der Waals surface area contributed by atoms with Crippen molar-refractivity contribution in [1.82, 2.24) is 0 Å². The van der Waals surface area contributed by atoms with Crippen LogP contribution in [0.4, 0.5) is 5.69 Å². The van der Waals surface area contributed by atoms with E-state index < -0.39 is 5.97 Å². The Morgan fingerprint density at radius 2 is 2.15 bits per heavy atom. The first-order valence-corrected chi connectivity index (χ1v) is 8.51. The summed E-state index contributed by atoms with van der Waals surface area (Å²) >= 11 is 6.20. The van der Waals surface area contributed by atoms with Crippen molar-refractivity contribution in [3.63, 3.8) is 0 Å². The van der Waals surface area contributed by atoms with E-state index in [0.717, 1.165) is 5.69 Å². The third-order valence-corrected chi connectivity index (χ3v) is 5.11. The number of halogens is 1. The summed E-state index contributed by atoms with van der Waals surface area (Å²) in [5, 5.41) is 10.2. The molecule has 2 heterocycles. The number of terminal acetylenes is 1. The van der Waals surface area contributed by atoms with Gasteiger partial charge in [0.25, 0.3) is 0 Å². The predicted octanol–water partition coefficient (Wildman–Crippen LogP) is 3.49. The van der Waals surface area contributed by atoms with Gasteiger partial charge in [-0.2, -0.15) is 0 Å². The van der Waals surface area contributed by atoms with Gasteiger partial charge in [-0.1, -0.05) is 17.5 Å². The normalized spacial score (nSPS) is 16.9. The van der Waals surface area contributed by atoms with E-state index in [2.05, 4.69) is 5.92 Å². The Hall–Kier alpha value is -2.97. The highest BCUT2D eigenvalue weighted by Crippen LogP contribution is 2.31. The summed E-state index contributed by atoms with van der Waals surface area (Å²) in [7, 11) is 0. The summed E-state index contributed by atoms with van der Waals surface area (Å²) in [6.07, 6.45) is 6.08. The van der Waals surface area contributed by atoms with Crippen LogP contribution in [0.5, 0.6) is 0 Å². The van der Waals surface area contributed by atoms with Crippen molar-refractivity contribution in [3.8, 4) is 12.3 Å². The summed E-state index contributed by atoms with van der Waals surface area (Å²) < 4.78 is 5.90. The SMILES string of the molecule is C#Cc1ccc(Cl)c2oc3cc(N4CCC(C(=O)O)C4)ccc3c(=O)c12. The zero-order valence-electron chi connectivity index (χ0n) is 13.7. The van der Waals surface area contributed by atoms with E-state index in [0.29, 0.717) is 46.5 Å². The molecule has 1 saturated heterocycles. The van der Waals surface area contributed by atoms with Crippen LogP contribution in [0, 0.1) is 18.3 Å². The molecular weight excluding hydrogens is 354 g/mol. The summed E-state index contributed by atoms with van der Waals surface area (Å²) in [5.41, 5.74) is 1.69. The van der Waals surface area contributed by atoms with E-state index in [1.807, 2.05) is 4.90 Å². The van der Waals surface area contributed by atoms with Crippen LogP contribution >= 0.6 is 11.6 Å². The first-order valence-electron chi connectivity index (χ1n) is 8.13. The Morgan fingerprint density at radius 3 is 2.85 bits per heavy atom. The summed E-state index contributed by atoms with van der Waals surface area (Å²) in [6.45, 7) is 1.07. The van der Waals surface area contributed by atoms with Gasteiger partial charge >= 0.3 is 5.97 Å². The molecule has 130 valence electrons. The molecule has 1 unspecified atom stereocenters. The maximum Gasteiger partial charge on any atom is 0.308 e. The van der Waals surface area contributed by atoms with Crippen LogP contribution in [0.25, 0.3) is 21.9 Å². The number of carboxylic acids is 1. The molecule has 0 aliphatic carbocycles. The Morgan fingerprint density at radius 1 is 1.35 bits per heavy atom. The fourth-order valence-corrected chi connectivity index (χ4v) is 3.62. The first kappa shape index (κ1) is 16.5. The average Bonchev–Trinajstić information content (AvgIpc) is 3.13. The molecule has 1 aliphatic heterocycles. The van der Waals surface area contributed by atoms with Crippen molar-refractivity contribution in [1.29, 1.82) is 0 Å². The van der Waals surface area contributed by atoms with Crippen molar-refractivity contribution in [2.75, 3.05) is 18.0 Å². The maximum absolute atomic E-state index is 12.9. The minimum Gasteiger partial charge on any atom is -0.481 e. The molecule has 5 nitrogen and oxygen atoms in total. The number of aliphatic carboxylic acids is 1. The Bertz CT molecular complexity index is 1160. The lowest BCUT2D eigenvalue weighted by Gasteiger charge is -2.18. The fraction of sp³-hybridized carbons (Fsp3) is 0.200. The Balaban J connectivity index is 1.89. The van der Waals surface area contributed by atoms with Crippen LogP contribution < -0.4 is 10.3 Å². The Labute approximate surface area is 153 Å². The van der Waals surface area contributed by atoms with Crippen LogP contribution in [0.2, 0.25) is 5.02 Å². The van der Waals surface area contributed by atoms with Crippen LogP contribution in [-0.4, -0.2) is 24.2 Å². The quantitative estimate of drug-likeness (QED) is 0.554. The minimum absolute atomic E-state index is 0.229. The average molecular weight is 368 g/mol. The van der Waals surface area contributed by atoms with Gasteiger partial charge in [-0.05, 0) is 30.7 Å². The van der Waals surface area contributed by atoms with Gasteiger partial charge in [-0.15, -0.1) is 6.42 Å². The van der Waals surface area contributed by atoms with E-state index in [1.54, 1.807) is 30.3 Å². The lowest BCUT2D eigenvalue weighted by atomic mass is 10.1. The van der Waals surface area contributed by atoms with E-state index in [-0.39, 0.29) is 16.9 Å². The molecule has 1 atom stereocenters. The molecule has 0 spiro atoms. The van der Waals surface area contributed by atoms with Crippen LogP contribution in [0.3, 0.4) is 0 Å². The molecule has 1 fully saturated rings. The van der Waals surface area contributed by atoms with Gasteiger partial charge in [0, 0.05) is 30.4 Å². The number of hydrogen-bond acceptors (Lipinski definition) is 4. The van der Waals surface area contributed by atoms with Gasteiger partial charge < -0.3 is 14.4 Å². The van der Waals surface area contributed by atoms with Crippen LogP contribution in [-0.2, 0) is 4.79 Å². The zero-order chi connectivity index (χ0) is 18.4. The summed E-state index contributed by atoms with van der Waals surface area (Å²) in [4.78, 5) is 26.0. The molecule has 2 aromatic carbocycles. The highest BCUT2D eigenvalue weighted by Gasteiger charge is 2.28. The third kappa shape index (κ3) is 2.51. The first-order chi connectivity index (χ1) is 12.5. The second kappa shape index (κ2) is 6.08. The molecule has 1 aliphatic rings. The fourth-order valence-electron chi connectivity index (χ4n) is 3.42. The number of nitrogens with zero attached hydrogens (tertiary/aromatic N) is 1. The standard InChI is InChI=1S/C20H14ClNO4/c1-2-11-3-6-15(21)19-17(11)18(23)14-5-4-13(9-16(14)26-19)22-8-7-12(10-22)20(24)25/h1,3-6,9,12H,7-8,10H2,(H,24,25). The number of carboxylic acid groups (broad SMARTS) is 1. The largest absolute Gasteiger partial charge is 0.481 e. The van der Waals surface area contributed by atoms with Gasteiger partial charge in [-0.3, -0.25) is 9.59 Å². The minimum atomic E-state index is -0.792. The lowest BCUT2D eigenvalue weighted by Crippen LogP contribution is -2.22. The molecule has 6 heteroatoms. The molecule has 0 radical (unpaired) electrons. The number of rotatable bonds is 2. The number of benzene rings is 2. The van der Waals surface area contributed by atoms with E-state index >= 15 is 0 Å². The molecule has 26 heavy (non-hydrogen) atoms. The van der Waals surface area contributed by atoms with Gasteiger partial charge in [0.1, 0.15) is 5.58 Å². The number of carbonyl (C=O) groups is 1. The second-order valence-electron chi connectivity index (χ2n) is 6.32. The van der Waals surface area contributed by atoms with Gasteiger partial charge in [0.15, 0.2) is 5.58 Å². The number of hydrogen-bond donors (Lipinski definition) is 1. The second-order valence-corrected chi connectivity index (χ2v) is 6.73. The van der Waals surface area contributed by atoms with Crippen LogP contribution in [0.1, 0.15) is 12.0 Å². The smallest absolute Gasteiger partial charge is 0.308 e. The molecular formula is C20H14ClNO4. The molecule has 0 saturated carbocycles. The number of fused-ring (bicyclic) bond motifs is 2. The van der Waals surface area contributed by atoms with Crippen molar-refractivity contribution in [2.24, 2.45) is 5.92 Å². The third-order valence-electron chi connectivity index (χ3n) is 4.82. The summed E-state index contributed by atoms with van der Waals surface area (Å²) in [5.74, 6) is 1.31. The van der Waals surface area contributed by atoms with Crippen LogP contribution in [0.15, 0.2) is 39.5 Å². The zero-order valence-corrected chi connectivity index (χ0v) is 14.4. The molecule has 0 bridgehead atoms. The predicted molar refractivity (Wildman–Crippen MR) is 101 cm³/mol. The molecule has 3 aromatic rings. The lowest BCUT2D eigenvalue weighted by molar-refractivity contribution is -0.140. The molecule has 1 aromatic heterocycles. The highest BCUT2D eigenvalue weighted by atomic mass is 35.5. The van der Waals surface area contributed by atoms with E-state index in [4.69, 9.17) is 27.5 Å². The molecule has 0 amide bonds. The highest BCUT2D eigenvalue weighted by molar-refractivity contribution is 6.35. The van der Waals surface area contributed by atoms with E-state index in [9.17, 15) is 9.59 Å². The van der Waals surface area contributed by atoms with E-state index in [1.165, 1.54) is 0 Å². The van der Waals surface area contributed by atoms with Crippen molar-refractivity contribution in [3.05, 3.63) is 51.1 Å².